The lowest BCUT2D eigenvalue weighted by atomic mass is 10.3. The highest BCUT2D eigenvalue weighted by atomic mass is 16.4. The van der Waals surface area contributed by atoms with Gasteiger partial charge in [-0.1, -0.05) is 6.92 Å². The van der Waals surface area contributed by atoms with Gasteiger partial charge in [0.2, 0.25) is 0 Å². The zero-order valence-corrected chi connectivity index (χ0v) is 9.13. The topological polar surface area (TPSA) is 86.5 Å². The average Bonchev–Trinajstić information content (AvgIpc) is 2.29. The van der Waals surface area contributed by atoms with Gasteiger partial charge in [-0.25, -0.2) is 4.79 Å². The van der Waals surface area contributed by atoms with Gasteiger partial charge < -0.3 is 15.1 Å². The highest BCUT2D eigenvalue weighted by Crippen LogP contribution is 2.09. The summed E-state index contributed by atoms with van der Waals surface area (Å²) in [7, 11) is 0. The fraction of sp³-hybridized carbons (Fsp3) is 0.500. The molecule has 1 rings (SSSR count). The molecule has 0 radical (unpaired) electrons. The van der Waals surface area contributed by atoms with Crippen LogP contribution in [0.4, 0.5) is 5.82 Å². The molecule has 0 aliphatic rings. The summed E-state index contributed by atoms with van der Waals surface area (Å²) in [6.07, 6.45) is 0.919. The predicted molar refractivity (Wildman–Crippen MR) is 58.6 cm³/mol. The van der Waals surface area contributed by atoms with Crippen molar-refractivity contribution in [1.82, 2.24) is 10.2 Å². The van der Waals surface area contributed by atoms with E-state index in [0.29, 0.717) is 12.4 Å². The summed E-state index contributed by atoms with van der Waals surface area (Å²) in [4.78, 5) is 12.4. The first kappa shape index (κ1) is 12.4. The Morgan fingerprint density at radius 2 is 2.12 bits per heavy atom. The van der Waals surface area contributed by atoms with Crippen LogP contribution < -0.4 is 4.90 Å². The second-order valence-corrected chi connectivity index (χ2v) is 3.29. The Labute approximate surface area is 93.5 Å². The van der Waals surface area contributed by atoms with Gasteiger partial charge in [-0.05, 0) is 18.6 Å². The van der Waals surface area contributed by atoms with E-state index < -0.39 is 5.97 Å². The van der Waals surface area contributed by atoms with Gasteiger partial charge in [0.25, 0.3) is 0 Å². The monoisotopic (exact) mass is 225 g/mol. The number of aromatic nitrogens is 2. The number of aromatic carboxylic acids is 1. The largest absolute Gasteiger partial charge is 0.476 e. The van der Waals surface area contributed by atoms with Crippen LogP contribution in [-0.4, -0.2) is 46.1 Å². The van der Waals surface area contributed by atoms with Crippen molar-refractivity contribution < 1.29 is 15.0 Å². The summed E-state index contributed by atoms with van der Waals surface area (Å²) in [5.74, 6) is -0.510. The van der Waals surface area contributed by atoms with Gasteiger partial charge in [-0.3, -0.25) is 0 Å². The zero-order valence-electron chi connectivity index (χ0n) is 9.13. The van der Waals surface area contributed by atoms with E-state index in [-0.39, 0.29) is 12.3 Å². The maximum Gasteiger partial charge on any atom is 0.356 e. The molecule has 0 saturated heterocycles. The van der Waals surface area contributed by atoms with Crippen molar-refractivity contribution in [3.8, 4) is 0 Å². The number of nitrogens with zero attached hydrogens (tertiary/aromatic N) is 3. The molecule has 6 heteroatoms. The third-order valence-electron chi connectivity index (χ3n) is 2.06. The normalized spacial score (nSPS) is 10.1. The van der Waals surface area contributed by atoms with Crippen LogP contribution in [0.1, 0.15) is 23.8 Å². The molecule has 1 heterocycles. The molecule has 0 saturated carbocycles. The smallest absolute Gasteiger partial charge is 0.356 e. The standard InChI is InChI=1S/C10H15N3O3/c1-2-5-13(6-7-14)9-4-3-8(10(15)16)11-12-9/h3-4,14H,2,5-7H2,1H3,(H,15,16). The molecule has 16 heavy (non-hydrogen) atoms. The maximum absolute atomic E-state index is 10.6. The number of hydrogen-bond donors (Lipinski definition) is 2. The number of aliphatic hydroxyl groups is 1. The van der Waals surface area contributed by atoms with Crippen LogP contribution in [0, 0.1) is 0 Å². The van der Waals surface area contributed by atoms with E-state index in [1.54, 1.807) is 6.07 Å². The highest BCUT2D eigenvalue weighted by Gasteiger charge is 2.09. The Hall–Kier alpha value is -1.69. The number of anilines is 1. The van der Waals surface area contributed by atoms with Crippen molar-refractivity contribution in [2.45, 2.75) is 13.3 Å². The first-order valence-electron chi connectivity index (χ1n) is 5.12. The van der Waals surface area contributed by atoms with E-state index in [0.717, 1.165) is 13.0 Å². The van der Waals surface area contributed by atoms with E-state index >= 15 is 0 Å². The molecule has 0 amide bonds. The molecule has 1 aromatic heterocycles. The number of carboxylic acid groups (broad SMARTS) is 1. The van der Waals surface area contributed by atoms with Crippen molar-refractivity contribution in [2.75, 3.05) is 24.6 Å². The minimum Gasteiger partial charge on any atom is -0.476 e. The van der Waals surface area contributed by atoms with E-state index in [1.807, 2.05) is 11.8 Å². The van der Waals surface area contributed by atoms with Crippen molar-refractivity contribution in [2.24, 2.45) is 0 Å². The van der Waals surface area contributed by atoms with Crippen LogP contribution >= 0.6 is 0 Å². The van der Waals surface area contributed by atoms with Crippen molar-refractivity contribution >= 4 is 11.8 Å². The number of rotatable bonds is 6. The lowest BCUT2D eigenvalue weighted by molar-refractivity contribution is 0.0689. The second-order valence-electron chi connectivity index (χ2n) is 3.29. The lowest BCUT2D eigenvalue weighted by Gasteiger charge is -2.21. The van der Waals surface area contributed by atoms with Crippen molar-refractivity contribution in [3.05, 3.63) is 17.8 Å². The average molecular weight is 225 g/mol. The predicted octanol–water partition coefficient (Wildman–Crippen LogP) is 0.383. The minimum absolute atomic E-state index is 0.0301. The van der Waals surface area contributed by atoms with Crippen molar-refractivity contribution in [1.29, 1.82) is 0 Å². The molecule has 0 atom stereocenters. The number of carboxylic acids is 1. The van der Waals surface area contributed by atoms with E-state index in [9.17, 15) is 4.79 Å². The number of aliphatic hydroxyl groups excluding tert-OH is 1. The fourth-order valence-corrected chi connectivity index (χ4v) is 1.34. The van der Waals surface area contributed by atoms with Crippen LogP contribution in [0.2, 0.25) is 0 Å². The Morgan fingerprint density at radius 3 is 2.56 bits per heavy atom. The minimum atomic E-state index is -1.09. The molecule has 0 aromatic carbocycles. The summed E-state index contributed by atoms with van der Waals surface area (Å²) in [5.41, 5.74) is -0.0794. The Bertz CT molecular complexity index is 334. The van der Waals surface area contributed by atoms with Crippen LogP contribution in [0.3, 0.4) is 0 Å². The van der Waals surface area contributed by atoms with Gasteiger partial charge in [0, 0.05) is 13.1 Å². The molecular weight excluding hydrogens is 210 g/mol. The van der Waals surface area contributed by atoms with Crippen LogP contribution in [0.5, 0.6) is 0 Å². The summed E-state index contributed by atoms with van der Waals surface area (Å²) in [5, 5.41) is 25.0. The first-order chi connectivity index (χ1) is 7.69. The third kappa shape index (κ3) is 3.16. The quantitative estimate of drug-likeness (QED) is 0.728. The molecule has 6 nitrogen and oxygen atoms in total. The molecule has 0 unspecified atom stereocenters. The van der Waals surface area contributed by atoms with Crippen LogP contribution in [-0.2, 0) is 0 Å². The molecule has 0 bridgehead atoms. The van der Waals surface area contributed by atoms with E-state index in [2.05, 4.69) is 10.2 Å². The third-order valence-corrected chi connectivity index (χ3v) is 2.06. The Balaban J connectivity index is 2.80. The van der Waals surface area contributed by atoms with Crippen LogP contribution in [0.15, 0.2) is 12.1 Å². The molecule has 88 valence electrons. The van der Waals surface area contributed by atoms with Crippen LogP contribution in [0.25, 0.3) is 0 Å². The summed E-state index contributed by atoms with van der Waals surface area (Å²) < 4.78 is 0. The number of carbonyl (C=O) groups is 1. The maximum atomic E-state index is 10.6. The van der Waals surface area contributed by atoms with Gasteiger partial charge >= 0.3 is 5.97 Å². The highest BCUT2D eigenvalue weighted by molar-refractivity contribution is 5.85. The van der Waals surface area contributed by atoms with E-state index in [1.165, 1.54) is 6.07 Å². The molecule has 0 aliphatic carbocycles. The first-order valence-corrected chi connectivity index (χ1v) is 5.12. The van der Waals surface area contributed by atoms with Gasteiger partial charge in [-0.15, -0.1) is 10.2 Å². The van der Waals surface area contributed by atoms with Gasteiger partial charge in [0.1, 0.15) is 0 Å². The molecule has 0 aliphatic heterocycles. The summed E-state index contributed by atoms with van der Waals surface area (Å²) >= 11 is 0. The summed E-state index contributed by atoms with van der Waals surface area (Å²) in [6, 6.07) is 3.01. The summed E-state index contributed by atoms with van der Waals surface area (Å²) in [6.45, 7) is 3.27. The molecule has 2 N–H and O–H groups in total. The lowest BCUT2D eigenvalue weighted by Crippen LogP contribution is -2.28. The van der Waals surface area contributed by atoms with Gasteiger partial charge in [0.05, 0.1) is 6.61 Å². The Morgan fingerprint density at radius 1 is 1.38 bits per heavy atom. The SMILES string of the molecule is CCCN(CCO)c1ccc(C(=O)O)nn1. The molecular formula is C10H15N3O3. The van der Waals surface area contributed by atoms with Gasteiger partial charge in [0.15, 0.2) is 11.5 Å². The molecule has 1 aromatic rings. The zero-order chi connectivity index (χ0) is 12.0. The fourth-order valence-electron chi connectivity index (χ4n) is 1.34. The Kier molecular flexibility index (Phi) is 4.65. The molecule has 0 fully saturated rings. The van der Waals surface area contributed by atoms with Crippen molar-refractivity contribution in [3.63, 3.8) is 0 Å². The number of hydrogen-bond acceptors (Lipinski definition) is 5. The molecule has 0 spiro atoms. The van der Waals surface area contributed by atoms with E-state index in [4.69, 9.17) is 10.2 Å². The second kappa shape index (κ2) is 6.02. The van der Waals surface area contributed by atoms with Gasteiger partial charge in [-0.2, -0.15) is 0 Å².